The zero-order valence-corrected chi connectivity index (χ0v) is 30.9. The van der Waals surface area contributed by atoms with Gasteiger partial charge in [0.25, 0.3) is 0 Å². The highest BCUT2D eigenvalue weighted by Crippen LogP contribution is 2.46. The summed E-state index contributed by atoms with van der Waals surface area (Å²) in [5.74, 6) is 0.939. The molecule has 0 bridgehead atoms. The first-order valence-corrected chi connectivity index (χ1v) is 19.0. The van der Waals surface area contributed by atoms with Gasteiger partial charge >= 0.3 is 0 Å². The van der Waals surface area contributed by atoms with Crippen LogP contribution in [0, 0.1) is 5.92 Å². The molecule has 0 radical (unpaired) electrons. The molecule has 0 amide bonds. The lowest BCUT2D eigenvalue weighted by Gasteiger charge is -2.40. The normalized spacial score (nSPS) is 15.4. The van der Waals surface area contributed by atoms with E-state index in [2.05, 4.69) is 113 Å². The van der Waals surface area contributed by atoms with E-state index in [-0.39, 0.29) is 11.8 Å². The van der Waals surface area contributed by atoms with Crippen LogP contribution < -0.4 is 14.8 Å². The number of nitrogens with two attached hydrogens (primary N) is 1. The number of hydrogen-bond donors (Lipinski definition) is 1. The Balaban J connectivity index is 1.34. The molecule has 2 heterocycles. The Morgan fingerprint density at radius 2 is 1.44 bits per heavy atom. The van der Waals surface area contributed by atoms with Crippen molar-refractivity contribution >= 4 is 39.9 Å². The quantitative estimate of drug-likeness (QED) is 0.0970. The fraction of sp³-hybridized carbons (Fsp3) is 0.293. The summed E-state index contributed by atoms with van der Waals surface area (Å²) in [6.45, 7) is 9.73. The largest absolute Gasteiger partial charge is 0.489 e. The molecule has 2 N–H and O–H groups in total. The van der Waals surface area contributed by atoms with Gasteiger partial charge in [-0.2, -0.15) is 5.10 Å². The Morgan fingerprint density at radius 1 is 0.920 bits per heavy atom. The monoisotopic (exact) mass is 726 g/mol. The van der Waals surface area contributed by atoms with Crippen molar-refractivity contribution in [2.45, 2.75) is 49.3 Å². The molecular formula is C41H44Cl2N4O2S. The van der Waals surface area contributed by atoms with Crippen molar-refractivity contribution < 1.29 is 8.95 Å². The van der Waals surface area contributed by atoms with E-state index >= 15 is 0 Å². The fourth-order valence-corrected chi connectivity index (χ4v) is 8.07. The zero-order chi connectivity index (χ0) is 35.3. The summed E-state index contributed by atoms with van der Waals surface area (Å²) in [7, 11) is -1.52. The second-order valence-corrected chi connectivity index (χ2v) is 16.1. The summed E-state index contributed by atoms with van der Waals surface area (Å²) >= 11 is 13.1. The molecule has 1 aliphatic rings. The Bertz CT molecular complexity index is 1810. The minimum atomic E-state index is -1.52. The number of piperidine rings is 1. The lowest BCUT2D eigenvalue weighted by Crippen LogP contribution is -2.40. The predicted molar refractivity (Wildman–Crippen MR) is 208 cm³/mol. The first-order chi connectivity index (χ1) is 24.1. The number of ether oxygens (including phenoxy) is 1. The molecule has 1 saturated heterocycles. The van der Waals surface area contributed by atoms with Crippen molar-refractivity contribution in [1.29, 1.82) is 0 Å². The molecule has 50 heavy (non-hydrogen) atoms. The molecule has 1 aromatic heterocycles. The highest BCUT2D eigenvalue weighted by molar-refractivity contribution is 7.84. The van der Waals surface area contributed by atoms with E-state index in [1.807, 2.05) is 26.1 Å². The first-order valence-electron chi connectivity index (χ1n) is 17.0. The average molecular weight is 728 g/mol. The lowest BCUT2D eigenvalue weighted by molar-refractivity contribution is 0.296. The number of rotatable bonds is 13. The minimum absolute atomic E-state index is 0.00107. The highest BCUT2D eigenvalue weighted by Gasteiger charge is 2.40. The van der Waals surface area contributed by atoms with Crippen LogP contribution in [0.5, 0.6) is 5.75 Å². The molecule has 0 aliphatic carbocycles. The highest BCUT2D eigenvalue weighted by atomic mass is 35.5. The average Bonchev–Trinajstić information content (AvgIpc) is 3.63. The molecule has 0 spiro atoms. The standard InChI is InChI=1S/C41H44Cl2N4O2S/c1-4-24-49-39-26-38(43)37(42)25-35(39)36(27-40(2,3)50(44)48)30-20-22-46(23-21-30)34-28-45-47(29-34)41(31-14-8-5-9-15-31,32-16-10-6-11-17-32)33-18-12-7-13-19-33/h4-19,25-26,28-30,36H,1,20-24,27,44H2,2-3H3/t36-,50?/m1/s1. The van der Waals surface area contributed by atoms with Crippen molar-refractivity contribution in [2.75, 3.05) is 24.6 Å². The number of aromatic nitrogens is 2. The van der Waals surface area contributed by atoms with Crippen LogP contribution >= 0.6 is 23.2 Å². The second-order valence-electron chi connectivity index (χ2n) is 13.5. The van der Waals surface area contributed by atoms with Gasteiger partial charge in [0.1, 0.15) is 17.9 Å². The number of anilines is 1. The molecule has 260 valence electrons. The molecule has 5 aromatic rings. The van der Waals surface area contributed by atoms with E-state index in [9.17, 15) is 4.21 Å². The number of nitrogens with zero attached hydrogens (tertiary/aromatic N) is 3. The van der Waals surface area contributed by atoms with Crippen LogP contribution in [0.25, 0.3) is 0 Å². The van der Waals surface area contributed by atoms with Gasteiger partial charge < -0.3 is 9.64 Å². The van der Waals surface area contributed by atoms with Crippen LogP contribution in [-0.2, 0) is 16.5 Å². The smallest absolute Gasteiger partial charge is 0.138 e. The molecule has 1 fully saturated rings. The van der Waals surface area contributed by atoms with Gasteiger partial charge in [-0.3, -0.25) is 9.82 Å². The van der Waals surface area contributed by atoms with Gasteiger partial charge in [0, 0.05) is 19.2 Å². The molecule has 6 rings (SSSR count). The SMILES string of the molecule is C=CCOc1cc(Cl)c(Cl)cc1[C@H](CC(C)(C)S(N)=O)C1CCN(c2cnn(C(c3ccccc3)(c3ccccc3)c3ccccc3)c2)CC1. The number of halogens is 2. The summed E-state index contributed by atoms with van der Waals surface area (Å²) < 4.78 is 20.3. The van der Waals surface area contributed by atoms with E-state index in [1.165, 1.54) is 0 Å². The predicted octanol–water partition coefficient (Wildman–Crippen LogP) is 9.39. The van der Waals surface area contributed by atoms with Gasteiger partial charge in [-0.05, 0) is 73.3 Å². The topological polar surface area (TPSA) is 73.4 Å². The third-order valence-electron chi connectivity index (χ3n) is 10.0. The van der Waals surface area contributed by atoms with Crippen LogP contribution in [0.1, 0.15) is 61.3 Å². The Hall–Kier alpha value is -3.88. The molecule has 0 saturated carbocycles. The summed E-state index contributed by atoms with van der Waals surface area (Å²) in [6.07, 6.45) is 8.31. The molecule has 2 atom stereocenters. The van der Waals surface area contributed by atoms with Crippen molar-refractivity contribution in [2.24, 2.45) is 11.1 Å². The van der Waals surface area contributed by atoms with Crippen LogP contribution in [0.4, 0.5) is 5.69 Å². The Kier molecular flexibility index (Phi) is 11.2. The lowest BCUT2D eigenvalue weighted by atomic mass is 9.75. The second kappa shape index (κ2) is 15.6. The van der Waals surface area contributed by atoms with Gasteiger partial charge in [0.15, 0.2) is 0 Å². The van der Waals surface area contributed by atoms with Gasteiger partial charge in [0.05, 0.1) is 43.9 Å². The van der Waals surface area contributed by atoms with Gasteiger partial charge in [-0.1, -0.05) is 127 Å². The van der Waals surface area contributed by atoms with Crippen LogP contribution in [-0.4, -0.2) is 38.4 Å². The van der Waals surface area contributed by atoms with Gasteiger partial charge in [-0.15, -0.1) is 0 Å². The summed E-state index contributed by atoms with van der Waals surface area (Å²) in [5.41, 5.74) is 4.74. The van der Waals surface area contributed by atoms with E-state index in [0.29, 0.717) is 28.8 Å². The van der Waals surface area contributed by atoms with Crippen molar-refractivity contribution in [3.05, 3.63) is 160 Å². The third-order valence-corrected chi connectivity index (χ3v) is 12.0. The van der Waals surface area contributed by atoms with Crippen LogP contribution in [0.3, 0.4) is 0 Å². The summed E-state index contributed by atoms with van der Waals surface area (Å²) in [6, 6.07) is 35.5. The third kappa shape index (κ3) is 7.28. The van der Waals surface area contributed by atoms with E-state index in [0.717, 1.165) is 53.9 Å². The maximum atomic E-state index is 12.7. The van der Waals surface area contributed by atoms with Crippen molar-refractivity contribution in [1.82, 2.24) is 9.78 Å². The Labute approximate surface area is 308 Å². The van der Waals surface area contributed by atoms with E-state index in [4.69, 9.17) is 38.2 Å². The van der Waals surface area contributed by atoms with Gasteiger partial charge in [0.2, 0.25) is 0 Å². The summed E-state index contributed by atoms with van der Waals surface area (Å²) in [5, 5.41) is 12.0. The molecule has 4 aromatic carbocycles. The van der Waals surface area contributed by atoms with Gasteiger partial charge in [-0.25, -0.2) is 4.21 Å². The Morgan fingerprint density at radius 3 is 1.94 bits per heavy atom. The molecule has 1 aliphatic heterocycles. The first kappa shape index (κ1) is 35.9. The molecule has 1 unspecified atom stereocenters. The fourth-order valence-electron chi connectivity index (χ4n) is 7.40. The maximum absolute atomic E-state index is 12.7. The van der Waals surface area contributed by atoms with E-state index in [1.54, 1.807) is 12.1 Å². The van der Waals surface area contributed by atoms with E-state index < -0.39 is 21.3 Å². The molecule has 6 nitrogen and oxygen atoms in total. The molecule has 9 heteroatoms. The zero-order valence-electron chi connectivity index (χ0n) is 28.6. The van der Waals surface area contributed by atoms with Crippen molar-refractivity contribution in [3.63, 3.8) is 0 Å². The number of benzene rings is 4. The maximum Gasteiger partial charge on any atom is 0.138 e. The van der Waals surface area contributed by atoms with Crippen LogP contribution in [0.2, 0.25) is 10.0 Å². The number of hydrogen-bond acceptors (Lipinski definition) is 4. The summed E-state index contributed by atoms with van der Waals surface area (Å²) in [4.78, 5) is 2.42. The minimum Gasteiger partial charge on any atom is -0.489 e. The van der Waals surface area contributed by atoms with Crippen LogP contribution in [0.15, 0.2) is 128 Å². The molecular weight excluding hydrogens is 683 g/mol. The van der Waals surface area contributed by atoms with Crippen molar-refractivity contribution in [3.8, 4) is 5.75 Å².